The smallest absolute Gasteiger partial charge is 0.200 e. The molecule has 0 saturated carbocycles. The van der Waals surface area contributed by atoms with Gasteiger partial charge in [-0.15, -0.1) is 0 Å². The van der Waals surface area contributed by atoms with Crippen LogP contribution in [0, 0.1) is 0 Å². The third-order valence-corrected chi connectivity index (χ3v) is 5.31. The molecule has 1 saturated heterocycles. The van der Waals surface area contributed by atoms with Crippen molar-refractivity contribution < 1.29 is 18.9 Å². The highest BCUT2D eigenvalue weighted by atomic mass is 16.7. The van der Waals surface area contributed by atoms with Crippen LogP contribution in [0.2, 0.25) is 0 Å². The molecule has 6 heteroatoms. The molecule has 2 aromatic carbocycles. The van der Waals surface area contributed by atoms with E-state index in [9.17, 15) is 0 Å². The van der Waals surface area contributed by atoms with Crippen molar-refractivity contribution in [3.8, 4) is 28.5 Å². The Morgan fingerprint density at radius 3 is 2.60 bits per heavy atom. The third-order valence-electron chi connectivity index (χ3n) is 5.31. The van der Waals surface area contributed by atoms with Crippen molar-refractivity contribution in [2.45, 2.75) is 39.0 Å². The maximum atomic E-state index is 6.09. The molecule has 1 aliphatic rings. The summed E-state index contributed by atoms with van der Waals surface area (Å²) in [7, 11) is 3.34. The zero-order chi connectivity index (χ0) is 20.9. The van der Waals surface area contributed by atoms with Gasteiger partial charge >= 0.3 is 0 Å². The first-order valence-electron chi connectivity index (χ1n) is 10.4. The Morgan fingerprint density at radius 2 is 1.87 bits per heavy atom. The van der Waals surface area contributed by atoms with Crippen LogP contribution in [0.3, 0.4) is 0 Å². The Balaban J connectivity index is 1.70. The summed E-state index contributed by atoms with van der Waals surface area (Å²) in [5, 5.41) is 4.82. The maximum absolute atomic E-state index is 6.09. The summed E-state index contributed by atoms with van der Waals surface area (Å²) >= 11 is 0. The predicted octanol–water partition coefficient (Wildman–Crippen LogP) is 4.69. The number of hydrogen-bond acceptors (Lipinski definition) is 5. The lowest BCUT2D eigenvalue weighted by Crippen LogP contribution is -2.14. The molecule has 1 fully saturated rings. The van der Waals surface area contributed by atoms with Gasteiger partial charge in [0, 0.05) is 17.5 Å². The highest BCUT2D eigenvalue weighted by molar-refractivity contribution is 5.65. The summed E-state index contributed by atoms with van der Waals surface area (Å²) < 4.78 is 24.8. The minimum atomic E-state index is -0.223. The SMILES string of the molecule is CCc1cc(-c2ccc(OC)c(O[C@H]3CCCO3)c2)n(Cc2ccccc2OC)n1. The lowest BCUT2D eigenvalue weighted by Gasteiger charge is -2.17. The van der Waals surface area contributed by atoms with E-state index in [0.717, 1.165) is 54.1 Å². The van der Waals surface area contributed by atoms with Crippen molar-refractivity contribution in [3.63, 3.8) is 0 Å². The number of rotatable bonds is 8. The standard InChI is InChI=1S/C24H28N2O4/c1-4-19-15-20(26(25-19)16-18-8-5-6-9-21(18)27-2)17-11-12-22(28-3)23(14-17)30-24-10-7-13-29-24/h5-6,8-9,11-12,14-15,24H,4,7,10,13,16H2,1-3H3/t24-/m0/s1. The molecule has 4 rings (SSSR count). The first-order valence-corrected chi connectivity index (χ1v) is 10.4. The Hall–Kier alpha value is -2.99. The topological polar surface area (TPSA) is 54.7 Å². The van der Waals surface area contributed by atoms with Gasteiger partial charge in [0.2, 0.25) is 0 Å². The number of para-hydroxylation sites is 1. The van der Waals surface area contributed by atoms with E-state index in [1.54, 1.807) is 14.2 Å². The Labute approximate surface area is 177 Å². The Morgan fingerprint density at radius 1 is 1.03 bits per heavy atom. The molecule has 30 heavy (non-hydrogen) atoms. The van der Waals surface area contributed by atoms with Gasteiger partial charge in [0.1, 0.15) is 5.75 Å². The Kier molecular flexibility index (Phi) is 6.23. The third kappa shape index (κ3) is 4.28. The van der Waals surface area contributed by atoms with Crippen molar-refractivity contribution in [1.82, 2.24) is 9.78 Å². The molecule has 0 amide bonds. The van der Waals surface area contributed by atoms with Crippen molar-refractivity contribution in [3.05, 3.63) is 59.8 Å². The first kappa shape index (κ1) is 20.3. The molecule has 0 unspecified atom stereocenters. The molecule has 158 valence electrons. The van der Waals surface area contributed by atoms with Crippen LogP contribution in [-0.2, 0) is 17.7 Å². The van der Waals surface area contributed by atoms with Gasteiger partial charge in [-0.1, -0.05) is 25.1 Å². The van der Waals surface area contributed by atoms with E-state index >= 15 is 0 Å². The van der Waals surface area contributed by atoms with Gasteiger partial charge in [0.05, 0.1) is 38.8 Å². The minimum absolute atomic E-state index is 0.223. The van der Waals surface area contributed by atoms with Gasteiger partial charge in [-0.2, -0.15) is 5.10 Å². The molecule has 0 spiro atoms. The van der Waals surface area contributed by atoms with Gasteiger partial charge in [0.25, 0.3) is 0 Å². The number of nitrogens with zero attached hydrogens (tertiary/aromatic N) is 2. The van der Waals surface area contributed by atoms with Crippen LogP contribution in [0.25, 0.3) is 11.3 Å². The predicted molar refractivity (Wildman–Crippen MR) is 115 cm³/mol. The number of benzene rings is 2. The van der Waals surface area contributed by atoms with E-state index in [1.165, 1.54) is 0 Å². The summed E-state index contributed by atoms with van der Waals surface area (Å²) in [4.78, 5) is 0. The number of ether oxygens (including phenoxy) is 4. The zero-order valence-electron chi connectivity index (χ0n) is 17.8. The molecule has 0 N–H and O–H groups in total. The van der Waals surface area contributed by atoms with Crippen LogP contribution >= 0.6 is 0 Å². The second-order valence-corrected chi connectivity index (χ2v) is 7.27. The number of aromatic nitrogens is 2. The Bertz CT molecular complexity index is 993. The summed E-state index contributed by atoms with van der Waals surface area (Å²) in [5.74, 6) is 2.24. The van der Waals surface area contributed by atoms with Crippen molar-refractivity contribution >= 4 is 0 Å². The number of methoxy groups -OCH3 is 2. The molecule has 3 aromatic rings. The van der Waals surface area contributed by atoms with Gasteiger partial charge in [-0.05, 0) is 43.2 Å². The molecule has 1 aromatic heterocycles. The van der Waals surface area contributed by atoms with Crippen LogP contribution < -0.4 is 14.2 Å². The average Bonchev–Trinajstić information content (AvgIpc) is 3.44. The fourth-order valence-electron chi connectivity index (χ4n) is 3.70. The van der Waals surface area contributed by atoms with Crippen molar-refractivity contribution in [1.29, 1.82) is 0 Å². The molecule has 0 bridgehead atoms. The highest BCUT2D eigenvalue weighted by Crippen LogP contribution is 2.35. The maximum Gasteiger partial charge on any atom is 0.200 e. The summed E-state index contributed by atoms with van der Waals surface area (Å²) in [6.07, 6.45) is 2.54. The first-order chi connectivity index (χ1) is 14.7. The average molecular weight is 408 g/mol. The molecule has 1 aliphatic heterocycles. The quantitative estimate of drug-likeness (QED) is 0.541. The molecule has 6 nitrogen and oxygen atoms in total. The van der Waals surface area contributed by atoms with E-state index in [-0.39, 0.29) is 6.29 Å². The zero-order valence-corrected chi connectivity index (χ0v) is 17.8. The molecular weight excluding hydrogens is 380 g/mol. The largest absolute Gasteiger partial charge is 0.496 e. The van der Waals surface area contributed by atoms with Gasteiger partial charge < -0.3 is 18.9 Å². The van der Waals surface area contributed by atoms with E-state index in [0.29, 0.717) is 18.0 Å². The second-order valence-electron chi connectivity index (χ2n) is 7.27. The number of hydrogen-bond donors (Lipinski definition) is 0. The molecule has 1 atom stereocenters. The van der Waals surface area contributed by atoms with Crippen molar-refractivity contribution in [2.75, 3.05) is 20.8 Å². The summed E-state index contributed by atoms with van der Waals surface area (Å²) in [5.41, 5.74) is 4.16. The second kappa shape index (κ2) is 9.22. The van der Waals surface area contributed by atoms with Crippen LogP contribution in [0.15, 0.2) is 48.5 Å². The molecule has 2 heterocycles. The molecule has 0 radical (unpaired) electrons. The van der Waals surface area contributed by atoms with E-state index in [1.807, 2.05) is 41.1 Å². The minimum Gasteiger partial charge on any atom is -0.496 e. The number of aryl methyl sites for hydroxylation is 1. The van der Waals surface area contributed by atoms with Crippen LogP contribution in [0.1, 0.15) is 31.0 Å². The van der Waals surface area contributed by atoms with Gasteiger partial charge in [-0.3, -0.25) is 4.68 Å². The fraction of sp³-hybridized carbons (Fsp3) is 0.375. The lowest BCUT2D eigenvalue weighted by molar-refractivity contribution is -0.0402. The fourth-order valence-corrected chi connectivity index (χ4v) is 3.70. The van der Waals surface area contributed by atoms with Crippen LogP contribution in [0.4, 0.5) is 0 Å². The van der Waals surface area contributed by atoms with Crippen molar-refractivity contribution in [2.24, 2.45) is 0 Å². The lowest BCUT2D eigenvalue weighted by atomic mass is 10.1. The monoisotopic (exact) mass is 408 g/mol. The summed E-state index contributed by atoms with van der Waals surface area (Å²) in [6.45, 7) is 3.46. The van der Waals surface area contributed by atoms with Crippen LogP contribution in [-0.4, -0.2) is 36.9 Å². The summed E-state index contributed by atoms with van der Waals surface area (Å²) in [6, 6.07) is 16.1. The highest BCUT2D eigenvalue weighted by Gasteiger charge is 2.20. The van der Waals surface area contributed by atoms with Gasteiger partial charge in [0.15, 0.2) is 17.8 Å². The van der Waals surface area contributed by atoms with E-state index in [4.69, 9.17) is 24.0 Å². The normalized spacial score (nSPS) is 15.9. The van der Waals surface area contributed by atoms with Crippen LogP contribution in [0.5, 0.6) is 17.2 Å². The molecule has 0 aliphatic carbocycles. The molecular formula is C24H28N2O4. The van der Waals surface area contributed by atoms with E-state index < -0.39 is 0 Å². The van der Waals surface area contributed by atoms with E-state index in [2.05, 4.69) is 19.1 Å². The van der Waals surface area contributed by atoms with Gasteiger partial charge in [-0.25, -0.2) is 0 Å².